The number of hydrogen-bond donors (Lipinski definition) is 1. The van der Waals surface area contributed by atoms with E-state index in [0.29, 0.717) is 22.6 Å². The van der Waals surface area contributed by atoms with Gasteiger partial charge in [-0.2, -0.15) is 0 Å². The maximum Gasteiger partial charge on any atom is 0.339 e. The largest absolute Gasteiger partial charge is 0.457 e. The summed E-state index contributed by atoms with van der Waals surface area (Å²) in [7, 11) is 0. The Bertz CT molecular complexity index is 712. The van der Waals surface area contributed by atoms with E-state index in [-0.39, 0.29) is 6.61 Å². The van der Waals surface area contributed by atoms with Crippen LogP contribution in [0.25, 0.3) is 0 Å². The SMILES string of the molecule is C#CCOC(=O)c1ccc(Oc2ccc(C(N)=O)cc2)cc1. The van der Waals surface area contributed by atoms with E-state index >= 15 is 0 Å². The van der Waals surface area contributed by atoms with Crippen molar-refractivity contribution in [3.05, 3.63) is 59.7 Å². The maximum absolute atomic E-state index is 11.6. The highest BCUT2D eigenvalue weighted by Crippen LogP contribution is 2.22. The molecule has 0 heterocycles. The molecule has 0 fully saturated rings. The van der Waals surface area contributed by atoms with Crippen LogP contribution in [-0.2, 0) is 4.74 Å². The molecule has 110 valence electrons. The Hall–Kier alpha value is -3.26. The number of carbonyl (C=O) groups is 2. The number of esters is 1. The lowest BCUT2D eigenvalue weighted by Crippen LogP contribution is -2.10. The van der Waals surface area contributed by atoms with Gasteiger partial charge in [0.1, 0.15) is 11.5 Å². The number of terminal acetylenes is 1. The lowest BCUT2D eigenvalue weighted by atomic mass is 10.2. The molecule has 5 heteroatoms. The van der Waals surface area contributed by atoms with Crippen molar-refractivity contribution in [2.45, 2.75) is 0 Å². The van der Waals surface area contributed by atoms with Crippen molar-refractivity contribution in [1.82, 2.24) is 0 Å². The molecule has 2 N–H and O–H groups in total. The molecule has 0 aliphatic rings. The summed E-state index contributed by atoms with van der Waals surface area (Å²) >= 11 is 0. The van der Waals surface area contributed by atoms with Gasteiger partial charge in [-0.1, -0.05) is 5.92 Å². The Morgan fingerprint density at radius 3 is 1.91 bits per heavy atom. The number of primary amides is 1. The van der Waals surface area contributed by atoms with Crippen molar-refractivity contribution >= 4 is 11.9 Å². The quantitative estimate of drug-likeness (QED) is 0.678. The number of carbonyl (C=O) groups excluding carboxylic acids is 2. The van der Waals surface area contributed by atoms with E-state index in [9.17, 15) is 9.59 Å². The van der Waals surface area contributed by atoms with Crippen LogP contribution < -0.4 is 10.5 Å². The molecule has 0 bridgehead atoms. The number of nitrogens with two attached hydrogens (primary N) is 1. The standard InChI is InChI=1S/C17H13NO4/c1-2-11-21-17(20)13-5-9-15(10-6-13)22-14-7-3-12(4-8-14)16(18)19/h1,3-10H,11H2,(H2,18,19). The Labute approximate surface area is 127 Å². The summed E-state index contributed by atoms with van der Waals surface area (Å²) in [5, 5.41) is 0. The topological polar surface area (TPSA) is 78.6 Å². The number of hydrogen-bond acceptors (Lipinski definition) is 4. The second kappa shape index (κ2) is 6.95. The first-order valence-electron chi connectivity index (χ1n) is 6.38. The van der Waals surface area contributed by atoms with Crippen molar-refractivity contribution in [2.75, 3.05) is 6.61 Å². The molecule has 2 aromatic carbocycles. The molecule has 1 amide bonds. The number of rotatable bonds is 5. The minimum atomic E-state index is -0.499. The summed E-state index contributed by atoms with van der Waals surface area (Å²) < 4.78 is 10.4. The molecule has 0 atom stereocenters. The van der Waals surface area contributed by atoms with Gasteiger partial charge in [-0.05, 0) is 48.5 Å². The summed E-state index contributed by atoms with van der Waals surface area (Å²) in [6, 6.07) is 12.8. The fraction of sp³-hybridized carbons (Fsp3) is 0.0588. The molecule has 0 radical (unpaired) electrons. The van der Waals surface area contributed by atoms with E-state index in [1.54, 1.807) is 48.5 Å². The van der Waals surface area contributed by atoms with Crippen LogP contribution in [-0.4, -0.2) is 18.5 Å². The molecule has 2 aromatic rings. The van der Waals surface area contributed by atoms with Crippen LogP contribution in [0.1, 0.15) is 20.7 Å². The van der Waals surface area contributed by atoms with Gasteiger partial charge in [0.15, 0.2) is 6.61 Å². The molecule has 0 saturated carbocycles. The van der Waals surface area contributed by atoms with Crippen LogP contribution >= 0.6 is 0 Å². The lowest BCUT2D eigenvalue weighted by Gasteiger charge is -2.07. The minimum absolute atomic E-state index is 0.0662. The van der Waals surface area contributed by atoms with Gasteiger partial charge in [0.25, 0.3) is 0 Å². The highest BCUT2D eigenvalue weighted by molar-refractivity contribution is 5.92. The van der Waals surface area contributed by atoms with Crippen molar-refractivity contribution in [1.29, 1.82) is 0 Å². The van der Waals surface area contributed by atoms with Gasteiger partial charge >= 0.3 is 5.97 Å². The third kappa shape index (κ3) is 3.87. The van der Waals surface area contributed by atoms with E-state index in [0.717, 1.165) is 0 Å². The number of amides is 1. The van der Waals surface area contributed by atoms with E-state index in [2.05, 4.69) is 5.92 Å². The fourth-order valence-electron chi connectivity index (χ4n) is 1.67. The molecule has 22 heavy (non-hydrogen) atoms. The van der Waals surface area contributed by atoms with Gasteiger partial charge in [0.05, 0.1) is 5.56 Å². The van der Waals surface area contributed by atoms with Crippen LogP contribution in [0, 0.1) is 12.3 Å². The predicted molar refractivity (Wildman–Crippen MR) is 80.6 cm³/mol. The molecule has 2 rings (SSSR count). The Morgan fingerprint density at radius 1 is 0.955 bits per heavy atom. The lowest BCUT2D eigenvalue weighted by molar-refractivity contribution is 0.0556. The van der Waals surface area contributed by atoms with Crippen molar-refractivity contribution < 1.29 is 19.1 Å². The number of benzene rings is 2. The Morgan fingerprint density at radius 2 is 1.45 bits per heavy atom. The van der Waals surface area contributed by atoms with E-state index in [1.807, 2.05) is 0 Å². The zero-order chi connectivity index (χ0) is 15.9. The summed E-state index contributed by atoms with van der Waals surface area (Å²) in [6.45, 7) is -0.0662. The van der Waals surface area contributed by atoms with Crippen LogP contribution in [0.4, 0.5) is 0 Å². The smallest absolute Gasteiger partial charge is 0.339 e. The normalized spacial score (nSPS) is 9.59. The molecule has 0 aromatic heterocycles. The zero-order valence-corrected chi connectivity index (χ0v) is 11.6. The van der Waals surface area contributed by atoms with Crippen molar-refractivity contribution in [3.63, 3.8) is 0 Å². The molecule has 0 unspecified atom stereocenters. The van der Waals surface area contributed by atoms with E-state index in [4.69, 9.17) is 21.6 Å². The van der Waals surface area contributed by atoms with E-state index < -0.39 is 11.9 Å². The second-order valence-electron chi connectivity index (χ2n) is 4.30. The van der Waals surface area contributed by atoms with E-state index in [1.165, 1.54) is 0 Å². The monoisotopic (exact) mass is 295 g/mol. The van der Waals surface area contributed by atoms with Crippen LogP contribution in [0.15, 0.2) is 48.5 Å². The first kappa shape index (κ1) is 15.1. The second-order valence-corrected chi connectivity index (χ2v) is 4.30. The number of ether oxygens (including phenoxy) is 2. The molecular weight excluding hydrogens is 282 g/mol. The molecule has 0 spiro atoms. The predicted octanol–water partition coefficient (Wildman–Crippen LogP) is 2.37. The molecule has 0 aliphatic carbocycles. The van der Waals surface area contributed by atoms with Gasteiger partial charge in [-0.3, -0.25) is 4.79 Å². The summed E-state index contributed by atoms with van der Waals surface area (Å²) in [5.41, 5.74) is 5.94. The fourth-order valence-corrected chi connectivity index (χ4v) is 1.67. The summed E-state index contributed by atoms with van der Waals surface area (Å²) in [5.74, 6) is 2.33. The zero-order valence-electron chi connectivity index (χ0n) is 11.6. The average Bonchev–Trinajstić information content (AvgIpc) is 2.54. The Balaban J connectivity index is 2.03. The van der Waals surface area contributed by atoms with Gasteiger partial charge in [0.2, 0.25) is 5.91 Å². The van der Waals surface area contributed by atoms with Gasteiger partial charge in [-0.15, -0.1) is 6.42 Å². The minimum Gasteiger partial charge on any atom is -0.457 e. The Kier molecular flexibility index (Phi) is 4.78. The third-order valence-corrected chi connectivity index (χ3v) is 2.75. The van der Waals surface area contributed by atoms with Crippen LogP contribution in [0.2, 0.25) is 0 Å². The van der Waals surface area contributed by atoms with Gasteiger partial charge < -0.3 is 15.2 Å². The molecule has 0 aliphatic heterocycles. The van der Waals surface area contributed by atoms with Crippen molar-refractivity contribution in [3.8, 4) is 23.8 Å². The maximum atomic E-state index is 11.6. The van der Waals surface area contributed by atoms with Gasteiger partial charge in [-0.25, -0.2) is 4.79 Å². The molecule has 5 nitrogen and oxygen atoms in total. The highest BCUT2D eigenvalue weighted by atomic mass is 16.5. The van der Waals surface area contributed by atoms with Crippen molar-refractivity contribution in [2.24, 2.45) is 5.73 Å². The average molecular weight is 295 g/mol. The summed E-state index contributed by atoms with van der Waals surface area (Å²) in [6.07, 6.45) is 5.02. The van der Waals surface area contributed by atoms with Gasteiger partial charge in [0, 0.05) is 5.56 Å². The van der Waals surface area contributed by atoms with Crippen LogP contribution in [0.5, 0.6) is 11.5 Å². The molecule has 0 saturated heterocycles. The first-order valence-corrected chi connectivity index (χ1v) is 6.38. The highest BCUT2D eigenvalue weighted by Gasteiger charge is 2.07. The first-order chi connectivity index (χ1) is 10.6. The molecular formula is C17H13NO4. The van der Waals surface area contributed by atoms with Crippen LogP contribution in [0.3, 0.4) is 0 Å². The third-order valence-electron chi connectivity index (χ3n) is 2.75. The summed E-state index contributed by atoms with van der Waals surface area (Å²) in [4.78, 5) is 22.5.